The highest BCUT2D eigenvalue weighted by molar-refractivity contribution is 9.10. The molecule has 0 saturated carbocycles. The predicted molar refractivity (Wildman–Crippen MR) is 84.5 cm³/mol. The highest BCUT2D eigenvalue weighted by Crippen LogP contribution is 2.37. The van der Waals surface area contributed by atoms with Crippen LogP contribution in [0.2, 0.25) is 0 Å². The number of amides is 1. The number of benzene rings is 1. The molecule has 1 aliphatic heterocycles. The molecule has 1 fully saturated rings. The van der Waals surface area contributed by atoms with Crippen LogP contribution in [0, 0.1) is 0 Å². The minimum Gasteiger partial charge on any atom is -0.490 e. The van der Waals surface area contributed by atoms with Gasteiger partial charge in [0.2, 0.25) is 0 Å². The highest BCUT2D eigenvalue weighted by atomic mass is 79.9. The molecule has 0 atom stereocenters. The van der Waals surface area contributed by atoms with Crippen molar-refractivity contribution in [2.45, 2.75) is 26.3 Å². The van der Waals surface area contributed by atoms with Gasteiger partial charge in [-0.05, 0) is 53.4 Å². The van der Waals surface area contributed by atoms with Gasteiger partial charge in [0.25, 0.3) is 5.91 Å². The van der Waals surface area contributed by atoms with E-state index in [1.807, 2.05) is 24.0 Å². The molecule has 0 bridgehead atoms. The highest BCUT2D eigenvalue weighted by Gasteiger charge is 2.20. The third-order valence-electron chi connectivity index (χ3n) is 3.40. The average Bonchev–Trinajstić information content (AvgIpc) is 3.00. The third-order valence-corrected chi connectivity index (χ3v) is 3.99. The van der Waals surface area contributed by atoms with E-state index in [0.717, 1.165) is 36.0 Å². The first kappa shape index (κ1) is 16.1. The van der Waals surface area contributed by atoms with E-state index in [1.54, 1.807) is 0 Å². The number of rotatable bonds is 6. The molecule has 1 saturated heterocycles. The molecule has 2 rings (SSSR count). The number of hydrogen-bond donors (Lipinski definition) is 1. The van der Waals surface area contributed by atoms with Crippen LogP contribution >= 0.6 is 15.9 Å². The Hall–Kier alpha value is -1.27. The Morgan fingerprint density at radius 2 is 2.05 bits per heavy atom. The molecular formula is C15H21BrN2O3. The Bertz CT molecular complexity index is 502. The van der Waals surface area contributed by atoms with Crippen molar-refractivity contribution in [2.24, 2.45) is 5.73 Å². The summed E-state index contributed by atoms with van der Waals surface area (Å²) in [5.74, 6) is 1.19. The number of hydrogen-bond acceptors (Lipinski definition) is 4. The first-order chi connectivity index (χ1) is 10.2. The quantitative estimate of drug-likeness (QED) is 0.849. The molecule has 6 heteroatoms. The molecule has 1 aliphatic rings. The second-order valence-corrected chi connectivity index (χ2v) is 5.77. The Morgan fingerprint density at radius 1 is 1.33 bits per heavy atom. The number of carbonyl (C=O) groups excluding carboxylic acids is 1. The summed E-state index contributed by atoms with van der Waals surface area (Å²) in [5.41, 5.74) is 6.61. The van der Waals surface area contributed by atoms with Crippen LogP contribution in [0.1, 0.15) is 25.3 Å². The summed E-state index contributed by atoms with van der Waals surface area (Å²) in [4.78, 5) is 13.9. The zero-order valence-electron chi connectivity index (χ0n) is 12.2. The number of nitrogens with two attached hydrogens (primary N) is 1. The molecule has 1 aromatic rings. The molecule has 0 unspecified atom stereocenters. The van der Waals surface area contributed by atoms with Crippen molar-refractivity contribution in [1.29, 1.82) is 0 Å². The molecule has 21 heavy (non-hydrogen) atoms. The van der Waals surface area contributed by atoms with Crippen molar-refractivity contribution in [3.05, 3.63) is 22.2 Å². The van der Waals surface area contributed by atoms with Gasteiger partial charge in [0.1, 0.15) is 0 Å². The lowest BCUT2D eigenvalue weighted by Gasteiger charge is -2.18. The van der Waals surface area contributed by atoms with Crippen LogP contribution in [0.25, 0.3) is 0 Å². The molecule has 2 N–H and O–H groups in total. The number of ether oxygens (including phenoxy) is 2. The van der Waals surface area contributed by atoms with E-state index in [0.29, 0.717) is 24.7 Å². The van der Waals surface area contributed by atoms with Crippen LogP contribution in [0.3, 0.4) is 0 Å². The summed E-state index contributed by atoms with van der Waals surface area (Å²) in [7, 11) is 0. The van der Waals surface area contributed by atoms with Gasteiger partial charge in [-0.2, -0.15) is 0 Å². The van der Waals surface area contributed by atoms with Crippen molar-refractivity contribution in [1.82, 2.24) is 4.90 Å². The molecule has 116 valence electrons. The number of carbonyl (C=O) groups is 1. The van der Waals surface area contributed by atoms with E-state index >= 15 is 0 Å². The van der Waals surface area contributed by atoms with Gasteiger partial charge >= 0.3 is 0 Å². The zero-order valence-corrected chi connectivity index (χ0v) is 13.8. The smallest absolute Gasteiger partial charge is 0.260 e. The number of halogens is 1. The van der Waals surface area contributed by atoms with Gasteiger partial charge in [0.05, 0.1) is 11.1 Å². The van der Waals surface area contributed by atoms with Gasteiger partial charge in [0.15, 0.2) is 18.1 Å². The maximum atomic E-state index is 12.0. The lowest BCUT2D eigenvalue weighted by atomic mass is 10.2. The minimum atomic E-state index is 0.0183. The molecule has 0 radical (unpaired) electrons. The normalized spacial score (nSPS) is 14.3. The summed E-state index contributed by atoms with van der Waals surface area (Å²) in [6.45, 7) is 4.53. The molecule has 0 aromatic heterocycles. The van der Waals surface area contributed by atoms with E-state index in [2.05, 4.69) is 15.9 Å². The topological polar surface area (TPSA) is 64.8 Å². The second-order valence-electron chi connectivity index (χ2n) is 4.92. The molecule has 5 nitrogen and oxygen atoms in total. The maximum Gasteiger partial charge on any atom is 0.260 e. The minimum absolute atomic E-state index is 0.0183. The van der Waals surface area contributed by atoms with Crippen molar-refractivity contribution >= 4 is 21.8 Å². The van der Waals surface area contributed by atoms with Gasteiger partial charge in [-0.15, -0.1) is 0 Å². The molecule has 1 aromatic carbocycles. The number of nitrogens with zero attached hydrogens (tertiary/aromatic N) is 1. The first-order valence-corrected chi connectivity index (χ1v) is 8.00. The van der Waals surface area contributed by atoms with E-state index in [9.17, 15) is 4.79 Å². The summed E-state index contributed by atoms with van der Waals surface area (Å²) in [5, 5.41) is 0. The summed E-state index contributed by atoms with van der Waals surface area (Å²) >= 11 is 3.46. The largest absolute Gasteiger partial charge is 0.490 e. The fraction of sp³-hybridized carbons (Fsp3) is 0.533. The zero-order chi connectivity index (χ0) is 15.2. The lowest BCUT2D eigenvalue weighted by molar-refractivity contribution is -0.132. The third kappa shape index (κ3) is 4.11. The van der Waals surface area contributed by atoms with E-state index in [-0.39, 0.29) is 12.5 Å². The summed E-state index contributed by atoms with van der Waals surface area (Å²) in [6.07, 6.45) is 2.15. The Balaban J connectivity index is 2.08. The van der Waals surface area contributed by atoms with Crippen LogP contribution in [0.5, 0.6) is 11.5 Å². The van der Waals surface area contributed by atoms with Gasteiger partial charge in [-0.25, -0.2) is 0 Å². The van der Waals surface area contributed by atoms with Crippen molar-refractivity contribution in [3.8, 4) is 11.5 Å². The van der Waals surface area contributed by atoms with Crippen molar-refractivity contribution in [2.75, 3.05) is 26.3 Å². The Kier molecular flexibility index (Phi) is 5.87. The summed E-state index contributed by atoms with van der Waals surface area (Å²) < 4.78 is 12.0. The molecular weight excluding hydrogens is 336 g/mol. The Morgan fingerprint density at radius 3 is 2.67 bits per heavy atom. The van der Waals surface area contributed by atoms with Gasteiger partial charge < -0.3 is 20.1 Å². The fourth-order valence-corrected chi connectivity index (χ4v) is 2.94. The van der Waals surface area contributed by atoms with E-state index in [1.165, 1.54) is 0 Å². The molecule has 1 heterocycles. The fourth-order valence-electron chi connectivity index (χ4n) is 2.33. The molecule has 0 aliphatic carbocycles. The van der Waals surface area contributed by atoms with Crippen molar-refractivity contribution in [3.63, 3.8) is 0 Å². The predicted octanol–water partition coefficient (Wildman–Crippen LogP) is 2.31. The summed E-state index contributed by atoms with van der Waals surface area (Å²) in [6, 6.07) is 3.74. The number of likely N-dealkylation sites (tertiary alicyclic amines) is 1. The van der Waals surface area contributed by atoms with Crippen LogP contribution < -0.4 is 15.2 Å². The van der Waals surface area contributed by atoms with Gasteiger partial charge in [0, 0.05) is 19.6 Å². The molecule has 0 spiro atoms. The van der Waals surface area contributed by atoms with E-state index < -0.39 is 0 Å². The Labute approximate surface area is 133 Å². The van der Waals surface area contributed by atoms with Crippen LogP contribution in [-0.4, -0.2) is 37.1 Å². The average molecular weight is 357 g/mol. The van der Waals surface area contributed by atoms with Crippen LogP contribution in [0.4, 0.5) is 0 Å². The second kappa shape index (κ2) is 7.66. The monoisotopic (exact) mass is 356 g/mol. The van der Waals surface area contributed by atoms with E-state index in [4.69, 9.17) is 15.2 Å². The first-order valence-electron chi connectivity index (χ1n) is 7.21. The standard InChI is InChI=1S/C15H21BrN2O3/c1-2-20-13-8-11(9-17)7-12(16)15(13)21-10-14(19)18-5-3-4-6-18/h7-8H,2-6,9-10,17H2,1H3. The van der Waals surface area contributed by atoms with Crippen LogP contribution in [-0.2, 0) is 11.3 Å². The maximum absolute atomic E-state index is 12.0. The SMILES string of the molecule is CCOc1cc(CN)cc(Br)c1OCC(=O)N1CCCC1. The van der Waals surface area contributed by atoms with Gasteiger partial charge in [-0.1, -0.05) is 0 Å². The van der Waals surface area contributed by atoms with Gasteiger partial charge in [-0.3, -0.25) is 4.79 Å². The van der Waals surface area contributed by atoms with Crippen molar-refractivity contribution < 1.29 is 14.3 Å². The lowest BCUT2D eigenvalue weighted by Crippen LogP contribution is -2.32. The van der Waals surface area contributed by atoms with Crippen LogP contribution in [0.15, 0.2) is 16.6 Å². The molecule has 1 amide bonds.